The third-order valence-electron chi connectivity index (χ3n) is 8.93. The lowest BCUT2D eigenvalue weighted by molar-refractivity contribution is -0.213. The molecule has 0 amide bonds. The van der Waals surface area contributed by atoms with E-state index in [1.54, 1.807) is 0 Å². The first-order valence-electron chi connectivity index (χ1n) is 13.9. The summed E-state index contributed by atoms with van der Waals surface area (Å²) >= 11 is 5.55. The maximum atomic E-state index is 13.6. The molecule has 2 aliphatic carbocycles. The van der Waals surface area contributed by atoms with Crippen LogP contribution in [0.4, 0.5) is 8.78 Å². The van der Waals surface area contributed by atoms with Gasteiger partial charge in [0.05, 0.1) is 13.2 Å². The van der Waals surface area contributed by atoms with Gasteiger partial charge in [-0.25, -0.2) is 8.78 Å². The van der Waals surface area contributed by atoms with Crippen LogP contribution in [0.25, 0.3) is 0 Å². The molecule has 0 aromatic heterocycles. The molecule has 2 nitrogen and oxygen atoms in total. The van der Waals surface area contributed by atoms with Crippen LogP contribution in [0.5, 0.6) is 0 Å². The molecule has 0 radical (unpaired) electrons. The van der Waals surface area contributed by atoms with E-state index in [-0.39, 0.29) is 6.29 Å². The molecule has 0 atom stereocenters. The van der Waals surface area contributed by atoms with Crippen LogP contribution < -0.4 is 0 Å². The van der Waals surface area contributed by atoms with Crippen LogP contribution in [-0.4, -0.2) is 19.5 Å². The number of benzene rings is 1. The highest BCUT2D eigenvalue weighted by Crippen LogP contribution is 2.44. The lowest BCUT2D eigenvalue weighted by atomic mass is 9.67. The molecule has 2 saturated carbocycles. The molecular weight excluding hydrogens is 454 g/mol. The van der Waals surface area contributed by atoms with Crippen LogP contribution in [0, 0.1) is 41.2 Å². The fourth-order valence-electron chi connectivity index (χ4n) is 6.83. The van der Waals surface area contributed by atoms with E-state index < -0.39 is 16.7 Å². The molecule has 3 aliphatic rings. The van der Waals surface area contributed by atoms with Crippen LogP contribution in [0.3, 0.4) is 0 Å². The quantitative estimate of drug-likeness (QED) is 0.251. The zero-order valence-corrected chi connectivity index (χ0v) is 21.6. The van der Waals surface area contributed by atoms with Crippen molar-refractivity contribution in [1.82, 2.24) is 0 Å². The summed E-state index contributed by atoms with van der Waals surface area (Å²) in [6.45, 7) is 3.95. The first kappa shape index (κ1) is 26.4. The van der Waals surface area contributed by atoms with Crippen molar-refractivity contribution in [2.24, 2.45) is 29.6 Å². The average molecular weight is 497 g/mol. The molecule has 4 rings (SSSR count). The molecule has 0 spiro atoms. The third-order valence-corrected chi connectivity index (χ3v) is 9.29. The van der Waals surface area contributed by atoms with Gasteiger partial charge in [-0.1, -0.05) is 44.2 Å². The fourth-order valence-corrected chi connectivity index (χ4v) is 6.94. The molecule has 1 aromatic rings. The van der Waals surface area contributed by atoms with Crippen molar-refractivity contribution >= 4 is 11.6 Å². The number of rotatable bonds is 9. The van der Waals surface area contributed by atoms with Gasteiger partial charge in [0.25, 0.3) is 0 Å². The third kappa shape index (κ3) is 7.17. The van der Waals surface area contributed by atoms with Crippen LogP contribution in [0.2, 0.25) is 5.02 Å². The van der Waals surface area contributed by atoms with E-state index in [1.807, 2.05) is 0 Å². The van der Waals surface area contributed by atoms with Crippen molar-refractivity contribution in [3.63, 3.8) is 0 Å². The van der Waals surface area contributed by atoms with Crippen molar-refractivity contribution in [2.45, 2.75) is 103 Å². The second kappa shape index (κ2) is 13.0. The Hall–Kier alpha value is -0.710. The Labute approximate surface area is 210 Å². The standard InChI is InChI=1S/C29H43ClF2O2/c1-2-5-20-8-10-22(11-9-20)23-12-14-24(15-13-23)25-18-33-28(34-19-25)7-4-3-6-21-16-26(31)29(30)27(32)17-21/h16-17,20,22-25,28H,2-15,18-19H2,1H3. The van der Waals surface area contributed by atoms with Crippen LogP contribution in [0.15, 0.2) is 12.1 Å². The largest absolute Gasteiger partial charge is 0.352 e. The lowest BCUT2D eigenvalue weighted by Gasteiger charge is -2.41. The zero-order chi connectivity index (χ0) is 23.9. The minimum absolute atomic E-state index is 0.135. The van der Waals surface area contributed by atoms with Crippen molar-refractivity contribution in [3.8, 4) is 0 Å². The molecule has 34 heavy (non-hydrogen) atoms. The van der Waals surface area contributed by atoms with Crippen molar-refractivity contribution < 1.29 is 18.3 Å². The predicted octanol–water partition coefficient (Wildman–Crippen LogP) is 8.73. The van der Waals surface area contributed by atoms with E-state index in [1.165, 1.54) is 76.3 Å². The number of ether oxygens (including phenoxy) is 2. The topological polar surface area (TPSA) is 18.5 Å². The Kier molecular flexibility index (Phi) is 10.1. The smallest absolute Gasteiger partial charge is 0.157 e. The summed E-state index contributed by atoms with van der Waals surface area (Å²) in [4.78, 5) is 0. The molecule has 0 unspecified atom stereocenters. The van der Waals surface area contributed by atoms with Gasteiger partial charge in [0.2, 0.25) is 0 Å². The highest BCUT2D eigenvalue weighted by molar-refractivity contribution is 6.30. The second-order valence-corrected chi connectivity index (χ2v) is 11.6. The zero-order valence-electron chi connectivity index (χ0n) is 20.9. The van der Waals surface area contributed by atoms with Crippen LogP contribution >= 0.6 is 11.6 Å². The summed E-state index contributed by atoms with van der Waals surface area (Å²) in [6.07, 6.45) is 17.2. The molecule has 5 heteroatoms. The highest BCUT2D eigenvalue weighted by Gasteiger charge is 2.35. The van der Waals surface area contributed by atoms with Crippen LogP contribution in [0.1, 0.15) is 96.0 Å². The monoisotopic (exact) mass is 496 g/mol. The molecule has 1 aromatic carbocycles. The number of aryl methyl sites for hydroxylation is 1. The van der Waals surface area contributed by atoms with Crippen molar-refractivity contribution in [3.05, 3.63) is 34.4 Å². The SMILES string of the molecule is CCCC1CCC(C2CCC(C3COC(CCCCc4cc(F)c(Cl)c(F)c4)OC3)CC2)CC1. The molecule has 0 N–H and O–H groups in total. The lowest BCUT2D eigenvalue weighted by Crippen LogP contribution is -2.38. The predicted molar refractivity (Wildman–Crippen MR) is 134 cm³/mol. The van der Waals surface area contributed by atoms with Gasteiger partial charge in [0.1, 0.15) is 16.7 Å². The molecule has 1 heterocycles. The Balaban J connectivity index is 1.09. The van der Waals surface area contributed by atoms with Gasteiger partial charge in [-0.3, -0.25) is 0 Å². The minimum atomic E-state index is -0.685. The Morgan fingerprint density at radius 1 is 0.765 bits per heavy atom. The molecular formula is C29H43ClF2O2. The highest BCUT2D eigenvalue weighted by atomic mass is 35.5. The van der Waals surface area contributed by atoms with E-state index in [0.717, 1.165) is 56.1 Å². The van der Waals surface area contributed by atoms with E-state index in [4.69, 9.17) is 21.1 Å². The second-order valence-electron chi connectivity index (χ2n) is 11.2. The maximum Gasteiger partial charge on any atom is 0.157 e. The Bertz CT molecular complexity index is 725. The van der Waals surface area contributed by atoms with Crippen LogP contribution in [-0.2, 0) is 15.9 Å². The van der Waals surface area contributed by atoms with Gasteiger partial charge in [0, 0.05) is 5.92 Å². The van der Waals surface area contributed by atoms with Gasteiger partial charge in [-0.2, -0.15) is 0 Å². The summed E-state index contributed by atoms with van der Waals surface area (Å²) < 4.78 is 39.3. The number of hydrogen-bond donors (Lipinski definition) is 0. The van der Waals surface area contributed by atoms with Gasteiger partial charge >= 0.3 is 0 Å². The average Bonchev–Trinajstić information content (AvgIpc) is 2.86. The summed E-state index contributed by atoms with van der Waals surface area (Å²) in [7, 11) is 0. The van der Waals surface area contributed by atoms with E-state index in [0.29, 0.717) is 17.9 Å². The summed E-state index contributed by atoms with van der Waals surface area (Å²) in [5, 5.41) is -0.426. The summed E-state index contributed by atoms with van der Waals surface area (Å²) in [6, 6.07) is 2.66. The van der Waals surface area contributed by atoms with Gasteiger partial charge in [-0.15, -0.1) is 0 Å². The van der Waals surface area contributed by atoms with E-state index >= 15 is 0 Å². The van der Waals surface area contributed by atoms with Crippen molar-refractivity contribution in [1.29, 1.82) is 0 Å². The number of unbranched alkanes of at least 4 members (excludes halogenated alkanes) is 1. The molecule has 3 fully saturated rings. The molecule has 1 aliphatic heterocycles. The summed E-state index contributed by atoms with van der Waals surface area (Å²) in [5.74, 6) is 2.87. The Morgan fingerprint density at radius 3 is 1.85 bits per heavy atom. The van der Waals surface area contributed by atoms with Gasteiger partial charge in [0.15, 0.2) is 6.29 Å². The maximum absolute atomic E-state index is 13.6. The van der Waals surface area contributed by atoms with Gasteiger partial charge < -0.3 is 9.47 Å². The Morgan fingerprint density at radius 2 is 1.29 bits per heavy atom. The number of halogens is 3. The van der Waals surface area contributed by atoms with E-state index in [2.05, 4.69) is 6.92 Å². The first-order chi connectivity index (χ1) is 16.5. The fraction of sp³-hybridized carbons (Fsp3) is 0.793. The van der Waals surface area contributed by atoms with Gasteiger partial charge in [-0.05, 0) is 106 Å². The first-order valence-corrected chi connectivity index (χ1v) is 14.3. The summed E-state index contributed by atoms with van der Waals surface area (Å²) in [5.41, 5.74) is 0.648. The molecule has 192 valence electrons. The molecule has 1 saturated heterocycles. The van der Waals surface area contributed by atoms with E-state index in [9.17, 15) is 8.78 Å². The normalized spacial score (nSPS) is 32.6. The molecule has 0 bridgehead atoms. The minimum Gasteiger partial charge on any atom is -0.352 e. The van der Waals surface area contributed by atoms with Crippen molar-refractivity contribution in [2.75, 3.05) is 13.2 Å². The number of hydrogen-bond acceptors (Lipinski definition) is 2.